The van der Waals surface area contributed by atoms with E-state index in [1.54, 1.807) is 36.8 Å². The number of fused-ring (bicyclic) bond motifs is 1. The molecule has 0 radical (unpaired) electrons. The monoisotopic (exact) mass is 793 g/mol. The van der Waals surface area contributed by atoms with Gasteiger partial charge in [0.05, 0.1) is 7.11 Å². The fraction of sp³-hybridized carbons (Fsp3) is 0.195. The molecule has 7 rings (SSSR count). The number of amides is 2. The van der Waals surface area contributed by atoms with Crippen LogP contribution in [0.25, 0.3) is 0 Å². The Hall–Kier alpha value is -5.63. The van der Waals surface area contributed by atoms with Crippen molar-refractivity contribution in [3.05, 3.63) is 160 Å². The topological polar surface area (TPSA) is 131 Å². The second kappa shape index (κ2) is 16.8. The van der Waals surface area contributed by atoms with E-state index >= 15 is 0 Å². The summed E-state index contributed by atoms with van der Waals surface area (Å²) in [7, 11) is 2.90. The molecule has 2 N–H and O–H groups in total. The fourth-order valence-electron chi connectivity index (χ4n) is 6.60. The maximum atomic E-state index is 13.9. The van der Waals surface area contributed by atoms with Crippen LogP contribution in [0.1, 0.15) is 27.9 Å². The van der Waals surface area contributed by atoms with Gasteiger partial charge < -0.3 is 24.9 Å². The minimum atomic E-state index is -0.945. The highest BCUT2D eigenvalue weighted by Crippen LogP contribution is 2.42. The average Bonchev–Trinajstić information content (AvgIpc) is 3.71. The molecule has 2 aliphatic heterocycles. The molecule has 2 aliphatic rings. The molecule has 0 aliphatic carbocycles. The number of carbonyl (C=O) groups is 3. The van der Waals surface area contributed by atoms with Crippen LogP contribution in [0.3, 0.4) is 0 Å². The van der Waals surface area contributed by atoms with Gasteiger partial charge in [0, 0.05) is 17.0 Å². The minimum absolute atomic E-state index is 0.00755. The van der Waals surface area contributed by atoms with E-state index in [4.69, 9.17) is 30.9 Å². The first-order chi connectivity index (χ1) is 26.9. The Kier molecular flexibility index (Phi) is 11.5. The Bertz CT molecular complexity index is 2120. The molecule has 4 aromatic carbocycles. The highest BCUT2D eigenvalue weighted by atomic mass is 35.5. The summed E-state index contributed by atoms with van der Waals surface area (Å²) >= 11 is 8.93. The number of thiazole rings is 1. The molecule has 0 spiro atoms. The molecule has 55 heavy (non-hydrogen) atoms. The first kappa shape index (κ1) is 37.7. The van der Waals surface area contributed by atoms with Gasteiger partial charge in [-0.2, -0.15) is 0 Å². The van der Waals surface area contributed by atoms with Gasteiger partial charge in [0.1, 0.15) is 47.8 Å². The Balaban J connectivity index is 1.10. The number of methoxy groups -OCH3 is 1. The molecule has 1 unspecified atom stereocenters. The van der Waals surface area contributed by atoms with Crippen molar-refractivity contribution >= 4 is 63.3 Å². The van der Waals surface area contributed by atoms with Crippen LogP contribution in [-0.2, 0) is 36.1 Å². The third-order valence-corrected chi connectivity index (χ3v) is 11.7. The Morgan fingerprint density at radius 1 is 0.909 bits per heavy atom. The molecule has 1 saturated heterocycles. The number of esters is 1. The highest BCUT2D eigenvalue weighted by molar-refractivity contribution is 8.00. The number of oxime groups is 1. The van der Waals surface area contributed by atoms with Crippen LogP contribution < -0.4 is 15.4 Å². The third kappa shape index (κ3) is 7.55. The number of halogens is 1. The second-order valence-corrected chi connectivity index (χ2v) is 14.7. The van der Waals surface area contributed by atoms with Crippen molar-refractivity contribution in [2.45, 2.75) is 23.6 Å². The van der Waals surface area contributed by atoms with Gasteiger partial charge in [-0.1, -0.05) is 108 Å². The largest absolute Gasteiger partial charge is 0.497 e. The van der Waals surface area contributed by atoms with Crippen LogP contribution in [0.5, 0.6) is 5.75 Å². The molecule has 14 heteroatoms. The minimum Gasteiger partial charge on any atom is -0.497 e. The van der Waals surface area contributed by atoms with Crippen molar-refractivity contribution < 1.29 is 28.7 Å². The van der Waals surface area contributed by atoms with Gasteiger partial charge in [0.25, 0.3) is 11.8 Å². The summed E-state index contributed by atoms with van der Waals surface area (Å²) in [5, 5.41) is 12.2. The van der Waals surface area contributed by atoms with Crippen molar-refractivity contribution in [1.82, 2.24) is 15.2 Å². The maximum Gasteiger partial charge on any atom is 0.355 e. The molecule has 0 saturated carbocycles. The molecule has 1 fully saturated rings. The number of nitrogens with one attached hydrogen (secondary N) is 2. The summed E-state index contributed by atoms with van der Waals surface area (Å²) < 4.78 is 10.8. The Morgan fingerprint density at radius 2 is 1.51 bits per heavy atom. The Morgan fingerprint density at radius 3 is 2.05 bits per heavy atom. The summed E-state index contributed by atoms with van der Waals surface area (Å²) in [5.74, 6) is -0.706. The van der Waals surface area contributed by atoms with Crippen LogP contribution >= 0.6 is 34.7 Å². The number of anilines is 1. The summed E-state index contributed by atoms with van der Waals surface area (Å²) in [5.41, 5.74) is 3.68. The van der Waals surface area contributed by atoms with Crippen molar-refractivity contribution in [1.29, 1.82) is 0 Å². The van der Waals surface area contributed by atoms with Gasteiger partial charge in [0.15, 0.2) is 10.8 Å². The van der Waals surface area contributed by atoms with E-state index in [1.165, 1.54) is 35.1 Å². The lowest BCUT2D eigenvalue weighted by molar-refractivity contribution is -0.153. The number of aromatic nitrogens is 1. The summed E-state index contributed by atoms with van der Waals surface area (Å²) in [6.45, 7) is -0.00755. The van der Waals surface area contributed by atoms with E-state index in [0.717, 1.165) is 22.3 Å². The van der Waals surface area contributed by atoms with Crippen LogP contribution in [0.15, 0.2) is 137 Å². The van der Waals surface area contributed by atoms with Gasteiger partial charge >= 0.3 is 5.97 Å². The molecule has 0 bridgehead atoms. The van der Waals surface area contributed by atoms with Crippen molar-refractivity contribution in [3.8, 4) is 5.75 Å². The smallest absolute Gasteiger partial charge is 0.355 e. The first-order valence-electron chi connectivity index (χ1n) is 17.2. The SMILES string of the molecule is CO/N=C(/C(=O)NC1C(=O)N2C(C(=O)OCc3ccc(OC)cc3)=C(CCl)CS[C@H]12)c1csc(NC(c2ccccc2)(c2ccccc2)c2ccccc2)n1. The lowest BCUT2D eigenvalue weighted by atomic mass is 9.77. The number of nitrogens with zero attached hydrogens (tertiary/aromatic N) is 3. The van der Waals surface area contributed by atoms with Crippen LogP contribution in [-0.4, -0.2) is 70.6 Å². The molecular weight excluding hydrogens is 758 g/mol. The molecule has 1 aromatic heterocycles. The van der Waals surface area contributed by atoms with Gasteiger partial charge in [0.2, 0.25) is 0 Å². The van der Waals surface area contributed by atoms with Crippen LogP contribution in [0, 0.1) is 0 Å². The maximum absolute atomic E-state index is 13.9. The number of benzene rings is 4. The lowest BCUT2D eigenvalue weighted by Gasteiger charge is -2.49. The van der Waals surface area contributed by atoms with E-state index in [2.05, 4.69) is 52.2 Å². The van der Waals surface area contributed by atoms with E-state index in [-0.39, 0.29) is 29.6 Å². The number of β-lactam (4-membered cyclic amide) rings is 1. The standard InChI is InChI=1S/C41H36ClN5O6S2/c1-51-31-20-18-26(19-21-31)23-53-39(50)35-27(22-42)24-54-38-34(37(49)47(35)38)44-36(48)33(46-52-2)32-25-55-40(43-32)45-41(28-12-6-3-7-13-28,29-14-8-4-9-15-29)30-16-10-5-11-17-30/h3-21,25,34,38H,22-24H2,1-2H3,(H,43,45)(H,44,48)/b46-33+/t34?,38-/m1/s1. The molecule has 3 heterocycles. The fourth-order valence-corrected chi connectivity index (χ4v) is 9.03. The van der Waals surface area contributed by atoms with E-state index in [0.29, 0.717) is 22.2 Å². The predicted octanol–water partition coefficient (Wildman–Crippen LogP) is 6.54. The van der Waals surface area contributed by atoms with E-state index in [9.17, 15) is 14.4 Å². The molecule has 2 atom stereocenters. The number of carbonyl (C=O) groups excluding carboxylic acids is 3. The second-order valence-electron chi connectivity index (χ2n) is 12.5. The van der Waals surface area contributed by atoms with Gasteiger partial charge in [-0.25, -0.2) is 9.78 Å². The first-order valence-corrected chi connectivity index (χ1v) is 19.7. The molecule has 11 nitrogen and oxygen atoms in total. The summed E-state index contributed by atoms with van der Waals surface area (Å²) in [6.07, 6.45) is 0. The molecule has 280 valence electrons. The third-order valence-electron chi connectivity index (χ3n) is 9.28. The average molecular weight is 794 g/mol. The number of ether oxygens (including phenoxy) is 2. The number of alkyl halides is 1. The van der Waals surface area contributed by atoms with Crippen molar-refractivity contribution in [2.75, 3.05) is 31.2 Å². The van der Waals surface area contributed by atoms with Crippen molar-refractivity contribution in [3.63, 3.8) is 0 Å². The summed E-state index contributed by atoms with van der Waals surface area (Å²) in [4.78, 5) is 52.1. The number of hydrogen-bond donors (Lipinski definition) is 2. The zero-order valence-electron chi connectivity index (χ0n) is 29.8. The number of rotatable bonds is 14. The van der Waals surface area contributed by atoms with Crippen LogP contribution in [0.2, 0.25) is 0 Å². The number of hydrogen-bond acceptors (Lipinski definition) is 11. The zero-order valence-corrected chi connectivity index (χ0v) is 32.2. The zero-order chi connectivity index (χ0) is 38.4. The molecule has 5 aromatic rings. The molecular formula is C41H36ClN5O6S2. The normalized spacial score (nSPS) is 16.8. The van der Waals surface area contributed by atoms with E-state index < -0.39 is 34.7 Å². The Labute approximate surface area is 331 Å². The van der Waals surface area contributed by atoms with Gasteiger partial charge in [-0.3, -0.25) is 14.5 Å². The van der Waals surface area contributed by atoms with Gasteiger partial charge in [-0.15, -0.1) is 34.7 Å². The number of thioether (sulfide) groups is 1. The molecule has 2 amide bonds. The van der Waals surface area contributed by atoms with E-state index in [1.807, 2.05) is 54.6 Å². The van der Waals surface area contributed by atoms with Crippen molar-refractivity contribution in [2.24, 2.45) is 5.16 Å². The lowest BCUT2D eigenvalue weighted by Crippen LogP contribution is -2.71. The highest BCUT2D eigenvalue weighted by Gasteiger charge is 2.54. The predicted molar refractivity (Wildman–Crippen MR) is 214 cm³/mol. The summed E-state index contributed by atoms with van der Waals surface area (Å²) in [6, 6.07) is 36.4. The van der Waals surface area contributed by atoms with Crippen LogP contribution in [0.4, 0.5) is 5.13 Å². The van der Waals surface area contributed by atoms with Gasteiger partial charge in [-0.05, 0) is 40.0 Å². The quantitative estimate of drug-likeness (QED) is 0.0321.